The van der Waals surface area contributed by atoms with Gasteiger partial charge in [-0.25, -0.2) is 11.0 Å². The Labute approximate surface area is 131 Å². The summed E-state index contributed by atoms with van der Waals surface area (Å²) in [5.41, 5.74) is 13.7. The molecule has 0 aliphatic heterocycles. The van der Waals surface area contributed by atoms with Crippen LogP contribution in [0.2, 0.25) is 0 Å². The van der Waals surface area contributed by atoms with Gasteiger partial charge in [0.2, 0.25) is 0 Å². The van der Waals surface area contributed by atoms with Gasteiger partial charge in [0.25, 0.3) is 0 Å². The molecule has 4 N–H and O–H groups in total. The predicted molar refractivity (Wildman–Crippen MR) is 91.4 cm³/mol. The van der Waals surface area contributed by atoms with Crippen LogP contribution in [0.15, 0.2) is 41.5 Å². The second-order valence-electron chi connectivity index (χ2n) is 6.14. The molecule has 3 rings (SSSR count). The van der Waals surface area contributed by atoms with Crippen LogP contribution < -0.4 is 11.6 Å². The van der Waals surface area contributed by atoms with E-state index >= 15 is 0 Å². The van der Waals surface area contributed by atoms with E-state index in [4.69, 9.17) is 11.6 Å². The Hall–Kier alpha value is -2.33. The van der Waals surface area contributed by atoms with Gasteiger partial charge in [0, 0.05) is 12.6 Å². The topological polar surface area (TPSA) is 67.6 Å². The number of benzene rings is 2. The highest BCUT2D eigenvalue weighted by molar-refractivity contribution is 6.00. The highest BCUT2D eigenvalue weighted by Gasteiger charge is 2.22. The van der Waals surface area contributed by atoms with E-state index in [-0.39, 0.29) is 0 Å². The van der Waals surface area contributed by atoms with Crippen molar-refractivity contribution in [3.63, 3.8) is 0 Å². The SMILES string of the molecule is CC(C)c1cc2c(cc1/C(N)=N/N(C)N)Cc1ccccc1-2. The molecule has 1 aliphatic carbocycles. The van der Waals surface area contributed by atoms with Crippen LogP contribution in [0, 0.1) is 0 Å². The van der Waals surface area contributed by atoms with Crippen molar-refractivity contribution in [1.29, 1.82) is 0 Å². The Morgan fingerprint density at radius 3 is 2.55 bits per heavy atom. The molecular weight excluding hydrogens is 272 g/mol. The standard InChI is InChI=1S/C18H22N4/c1-11(2)15-10-16-13(8-12-6-4-5-7-14(12)16)9-17(15)18(19)21-22(3)20/h4-7,9-11H,8,20H2,1-3H3,(H2,19,21). The van der Waals surface area contributed by atoms with Gasteiger partial charge >= 0.3 is 0 Å². The molecule has 0 radical (unpaired) electrons. The van der Waals surface area contributed by atoms with Gasteiger partial charge in [0.15, 0.2) is 5.84 Å². The first-order valence-electron chi connectivity index (χ1n) is 7.55. The summed E-state index contributed by atoms with van der Waals surface area (Å²) in [4.78, 5) is 0. The zero-order chi connectivity index (χ0) is 15.9. The lowest BCUT2D eigenvalue weighted by Crippen LogP contribution is -2.26. The quantitative estimate of drug-likeness (QED) is 0.338. The number of rotatable bonds is 3. The fraction of sp³-hybridized carbons (Fsp3) is 0.278. The van der Waals surface area contributed by atoms with Crippen molar-refractivity contribution in [3.05, 3.63) is 58.7 Å². The minimum absolute atomic E-state index is 0.366. The van der Waals surface area contributed by atoms with Crippen LogP contribution in [0.1, 0.15) is 42.0 Å². The van der Waals surface area contributed by atoms with Crippen molar-refractivity contribution >= 4 is 5.84 Å². The average Bonchev–Trinajstić information content (AvgIpc) is 2.82. The molecule has 2 aromatic rings. The summed E-state index contributed by atoms with van der Waals surface area (Å²) < 4.78 is 0. The zero-order valence-corrected chi connectivity index (χ0v) is 13.3. The third-order valence-corrected chi connectivity index (χ3v) is 4.13. The van der Waals surface area contributed by atoms with Crippen LogP contribution in [0.4, 0.5) is 0 Å². The molecule has 0 spiro atoms. The third kappa shape index (κ3) is 2.46. The molecular formula is C18H22N4. The minimum Gasteiger partial charge on any atom is -0.382 e. The number of fused-ring (bicyclic) bond motifs is 3. The van der Waals surface area contributed by atoms with Crippen molar-refractivity contribution in [2.75, 3.05) is 7.05 Å². The number of hydrogen-bond acceptors (Lipinski definition) is 3. The average molecular weight is 294 g/mol. The highest BCUT2D eigenvalue weighted by Crippen LogP contribution is 2.39. The van der Waals surface area contributed by atoms with Crippen LogP contribution in [0.3, 0.4) is 0 Å². The lowest BCUT2D eigenvalue weighted by molar-refractivity contribution is 0.371. The van der Waals surface area contributed by atoms with Gasteiger partial charge in [-0.2, -0.15) is 0 Å². The van der Waals surface area contributed by atoms with E-state index in [9.17, 15) is 0 Å². The Kier molecular flexibility index (Phi) is 3.62. The highest BCUT2D eigenvalue weighted by atomic mass is 15.6. The van der Waals surface area contributed by atoms with Crippen LogP contribution >= 0.6 is 0 Å². The first-order valence-corrected chi connectivity index (χ1v) is 7.55. The summed E-state index contributed by atoms with van der Waals surface area (Å²) in [6.07, 6.45) is 0.947. The summed E-state index contributed by atoms with van der Waals surface area (Å²) in [6.45, 7) is 4.34. The number of nitrogens with two attached hydrogens (primary N) is 2. The normalized spacial score (nSPS) is 13.2. The summed E-state index contributed by atoms with van der Waals surface area (Å²) in [5, 5.41) is 5.42. The molecule has 0 saturated carbocycles. The Morgan fingerprint density at radius 1 is 1.14 bits per heavy atom. The summed E-state index contributed by atoms with van der Waals surface area (Å²) in [7, 11) is 1.67. The van der Waals surface area contributed by atoms with E-state index in [2.05, 4.69) is 55.3 Å². The molecule has 0 saturated heterocycles. The van der Waals surface area contributed by atoms with Crippen LogP contribution in [0.25, 0.3) is 11.1 Å². The van der Waals surface area contributed by atoms with E-state index in [1.165, 1.54) is 32.9 Å². The second kappa shape index (κ2) is 5.46. The van der Waals surface area contributed by atoms with Gasteiger partial charge in [0.05, 0.1) is 0 Å². The lowest BCUT2D eigenvalue weighted by Gasteiger charge is -2.16. The molecule has 2 aromatic carbocycles. The second-order valence-corrected chi connectivity index (χ2v) is 6.14. The van der Waals surface area contributed by atoms with E-state index in [0.717, 1.165) is 12.0 Å². The molecule has 114 valence electrons. The van der Waals surface area contributed by atoms with E-state index in [0.29, 0.717) is 11.8 Å². The molecule has 0 aromatic heterocycles. The van der Waals surface area contributed by atoms with Crippen molar-refractivity contribution in [2.45, 2.75) is 26.2 Å². The van der Waals surface area contributed by atoms with Crippen molar-refractivity contribution in [1.82, 2.24) is 5.12 Å². The number of amidine groups is 1. The predicted octanol–water partition coefficient (Wildman–Crippen LogP) is 2.81. The molecule has 0 amide bonds. The summed E-state index contributed by atoms with van der Waals surface area (Å²) in [6, 6.07) is 13.0. The van der Waals surface area contributed by atoms with E-state index < -0.39 is 0 Å². The molecule has 4 nitrogen and oxygen atoms in total. The van der Waals surface area contributed by atoms with Gasteiger partial charge in [-0.3, -0.25) is 0 Å². The first-order chi connectivity index (χ1) is 10.5. The van der Waals surface area contributed by atoms with Crippen molar-refractivity contribution < 1.29 is 0 Å². The summed E-state index contributed by atoms with van der Waals surface area (Å²) >= 11 is 0. The molecule has 0 unspecified atom stereocenters. The monoisotopic (exact) mass is 294 g/mol. The third-order valence-electron chi connectivity index (χ3n) is 4.13. The molecule has 0 bridgehead atoms. The van der Waals surface area contributed by atoms with Gasteiger partial charge in [-0.05, 0) is 52.3 Å². The van der Waals surface area contributed by atoms with Crippen molar-refractivity contribution in [2.24, 2.45) is 16.7 Å². The largest absolute Gasteiger partial charge is 0.382 e. The fourth-order valence-corrected chi connectivity index (χ4v) is 3.12. The zero-order valence-electron chi connectivity index (χ0n) is 13.3. The van der Waals surface area contributed by atoms with E-state index in [1.54, 1.807) is 7.05 Å². The fourth-order valence-electron chi connectivity index (χ4n) is 3.12. The smallest absolute Gasteiger partial charge is 0.152 e. The number of nitrogens with zero attached hydrogens (tertiary/aromatic N) is 2. The number of hydrazone groups is 1. The summed E-state index contributed by atoms with van der Waals surface area (Å²) in [5.74, 6) is 6.44. The van der Waals surface area contributed by atoms with Gasteiger partial charge < -0.3 is 5.73 Å². The maximum absolute atomic E-state index is 6.16. The van der Waals surface area contributed by atoms with Crippen LogP contribution in [-0.2, 0) is 6.42 Å². The van der Waals surface area contributed by atoms with E-state index in [1.807, 2.05) is 0 Å². The van der Waals surface area contributed by atoms with Crippen LogP contribution in [-0.4, -0.2) is 18.0 Å². The van der Waals surface area contributed by atoms with Gasteiger partial charge in [0.1, 0.15) is 0 Å². The molecule has 0 heterocycles. The lowest BCUT2D eigenvalue weighted by atomic mass is 9.91. The molecule has 4 heteroatoms. The maximum atomic E-state index is 6.16. The van der Waals surface area contributed by atoms with Crippen LogP contribution in [0.5, 0.6) is 0 Å². The Balaban J connectivity index is 2.17. The molecule has 0 atom stereocenters. The maximum Gasteiger partial charge on any atom is 0.152 e. The van der Waals surface area contributed by atoms with Gasteiger partial charge in [-0.15, -0.1) is 5.10 Å². The number of hydrogen-bond donors (Lipinski definition) is 2. The molecule has 22 heavy (non-hydrogen) atoms. The Bertz CT molecular complexity index is 745. The molecule has 1 aliphatic rings. The van der Waals surface area contributed by atoms with Gasteiger partial charge in [-0.1, -0.05) is 38.1 Å². The van der Waals surface area contributed by atoms with Crippen molar-refractivity contribution in [3.8, 4) is 11.1 Å². The Morgan fingerprint density at radius 2 is 1.86 bits per heavy atom. The number of hydrazine groups is 1. The molecule has 0 fully saturated rings. The minimum atomic E-state index is 0.366. The first kappa shape index (κ1) is 14.6.